The van der Waals surface area contributed by atoms with Gasteiger partial charge in [-0.3, -0.25) is 9.59 Å². The molecule has 5 nitrogen and oxygen atoms in total. The summed E-state index contributed by atoms with van der Waals surface area (Å²) in [5.41, 5.74) is 0. The zero-order valence-corrected chi connectivity index (χ0v) is 12.4. The lowest BCUT2D eigenvalue weighted by Crippen LogP contribution is -2.38. The third-order valence-electron chi connectivity index (χ3n) is 4.60. The van der Waals surface area contributed by atoms with E-state index in [0.29, 0.717) is 19.5 Å². The van der Waals surface area contributed by atoms with Gasteiger partial charge in [-0.1, -0.05) is 12.8 Å². The Morgan fingerprint density at radius 2 is 1.65 bits per heavy atom. The molecule has 2 atom stereocenters. The molecule has 0 radical (unpaired) electrons. The number of hydrogen-bond donors (Lipinski definition) is 1. The van der Waals surface area contributed by atoms with Gasteiger partial charge >= 0.3 is 0 Å². The normalized spacial score (nSPS) is 28.1. The summed E-state index contributed by atoms with van der Waals surface area (Å²) < 4.78 is 0. The third kappa shape index (κ3) is 3.95. The molecular weight excluding hydrogens is 256 g/mol. The molecule has 5 heteroatoms. The quantitative estimate of drug-likeness (QED) is 0.822. The first-order chi connectivity index (χ1) is 9.58. The van der Waals surface area contributed by atoms with Gasteiger partial charge in [-0.05, 0) is 25.2 Å². The maximum atomic E-state index is 12.4. The lowest BCUT2D eigenvalue weighted by atomic mass is 9.84. The molecule has 0 aromatic rings. The first-order valence-corrected chi connectivity index (χ1v) is 7.79. The third-order valence-corrected chi connectivity index (χ3v) is 4.60. The van der Waals surface area contributed by atoms with Crippen LogP contribution in [0.4, 0.5) is 0 Å². The smallest absolute Gasteiger partial charge is 0.223 e. The Morgan fingerprint density at radius 3 is 2.35 bits per heavy atom. The summed E-state index contributed by atoms with van der Waals surface area (Å²) in [4.78, 5) is 27.4. The van der Waals surface area contributed by atoms with Gasteiger partial charge in [0.1, 0.15) is 0 Å². The van der Waals surface area contributed by atoms with Gasteiger partial charge < -0.3 is 14.9 Å². The molecule has 1 heterocycles. The maximum Gasteiger partial charge on any atom is 0.223 e. The number of amides is 2. The van der Waals surface area contributed by atoms with Crippen LogP contribution in [0.15, 0.2) is 0 Å². The van der Waals surface area contributed by atoms with Crippen LogP contribution in [-0.4, -0.2) is 59.0 Å². The molecule has 1 saturated heterocycles. The van der Waals surface area contributed by atoms with Gasteiger partial charge in [0.15, 0.2) is 0 Å². The van der Waals surface area contributed by atoms with E-state index in [0.717, 1.165) is 45.2 Å². The number of nitrogens with zero attached hydrogens (tertiary/aromatic N) is 2. The largest absolute Gasteiger partial charge is 0.393 e. The number of aliphatic hydroxyl groups is 1. The van der Waals surface area contributed by atoms with Crippen LogP contribution in [0.5, 0.6) is 0 Å². The summed E-state index contributed by atoms with van der Waals surface area (Å²) in [6.07, 6.45) is 4.97. The van der Waals surface area contributed by atoms with Crippen LogP contribution in [0, 0.1) is 5.92 Å². The van der Waals surface area contributed by atoms with Gasteiger partial charge in [0.2, 0.25) is 11.8 Å². The lowest BCUT2D eigenvalue weighted by molar-refractivity contribution is -0.134. The number of aliphatic hydroxyl groups excluding tert-OH is 1. The molecule has 0 unspecified atom stereocenters. The van der Waals surface area contributed by atoms with Crippen LogP contribution >= 0.6 is 0 Å². The van der Waals surface area contributed by atoms with Crippen molar-refractivity contribution in [2.24, 2.45) is 5.92 Å². The molecule has 1 aliphatic carbocycles. The molecule has 2 fully saturated rings. The summed E-state index contributed by atoms with van der Waals surface area (Å²) in [5, 5.41) is 9.96. The molecule has 0 bridgehead atoms. The first kappa shape index (κ1) is 15.3. The molecule has 114 valence electrons. The Kier molecular flexibility index (Phi) is 5.40. The molecule has 2 amide bonds. The van der Waals surface area contributed by atoms with Crippen LogP contribution in [0.1, 0.15) is 45.4 Å². The second-order valence-electron chi connectivity index (χ2n) is 6.06. The summed E-state index contributed by atoms with van der Waals surface area (Å²) in [6, 6.07) is 0. The Labute approximate surface area is 120 Å². The van der Waals surface area contributed by atoms with E-state index < -0.39 is 0 Å². The number of carbonyl (C=O) groups excluding carboxylic acids is 2. The molecule has 0 aromatic carbocycles. The van der Waals surface area contributed by atoms with E-state index in [1.54, 1.807) is 6.92 Å². The van der Waals surface area contributed by atoms with Gasteiger partial charge in [-0.15, -0.1) is 0 Å². The van der Waals surface area contributed by atoms with Gasteiger partial charge in [-0.25, -0.2) is 0 Å². The minimum atomic E-state index is -0.312. The summed E-state index contributed by atoms with van der Waals surface area (Å²) in [7, 11) is 0. The standard InChI is InChI=1S/C15H26N2O3/c1-12(18)16-7-4-8-17(10-9-16)15(20)11-13-5-2-3-6-14(13)19/h13-14,19H,2-11H2,1H3/t13-,14+/m0/s1. The predicted octanol–water partition coefficient (Wildman–Crippen LogP) is 1.01. The summed E-state index contributed by atoms with van der Waals surface area (Å²) in [6.45, 7) is 4.31. The van der Waals surface area contributed by atoms with Crippen molar-refractivity contribution in [2.75, 3.05) is 26.2 Å². The van der Waals surface area contributed by atoms with Crippen molar-refractivity contribution in [1.29, 1.82) is 0 Å². The van der Waals surface area contributed by atoms with Crippen molar-refractivity contribution in [2.45, 2.75) is 51.6 Å². The fourth-order valence-electron chi connectivity index (χ4n) is 3.26. The van der Waals surface area contributed by atoms with Crippen LogP contribution in [0.25, 0.3) is 0 Å². The minimum absolute atomic E-state index is 0.0852. The molecule has 2 aliphatic rings. The van der Waals surface area contributed by atoms with Crippen molar-refractivity contribution >= 4 is 11.8 Å². The number of rotatable bonds is 2. The highest BCUT2D eigenvalue weighted by Crippen LogP contribution is 2.27. The summed E-state index contributed by atoms with van der Waals surface area (Å²) in [5.74, 6) is 0.353. The molecule has 1 saturated carbocycles. The molecule has 1 aliphatic heterocycles. The van der Waals surface area contributed by atoms with E-state index in [9.17, 15) is 14.7 Å². The Balaban J connectivity index is 1.84. The zero-order chi connectivity index (χ0) is 14.5. The SMILES string of the molecule is CC(=O)N1CCCN(C(=O)C[C@@H]2CCCC[C@H]2O)CC1. The van der Waals surface area contributed by atoms with Crippen molar-refractivity contribution < 1.29 is 14.7 Å². The second kappa shape index (κ2) is 7.07. The highest BCUT2D eigenvalue weighted by atomic mass is 16.3. The highest BCUT2D eigenvalue weighted by molar-refractivity contribution is 5.77. The number of carbonyl (C=O) groups is 2. The van der Waals surface area contributed by atoms with Crippen molar-refractivity contribution in [3.8, 4) is 0 Å². The van der Waals surface area contributed by atoms with Crippen LogP contribution in [-0.2, 0) is 9.59 Å². The molecule has 1 N–H and O–H groups in total. The van der Waals surface area contributed by atoms with Gasteiger partial charge in [0.25, 0.3) is 0 Å². The fraction of sp³-hybridized carbons (Fsp3) is 0.867. The van der Waals surface area contributed by atoms with E-state index in [1.807, 2.05) is 9.80 Å². The van der Waals surface area contributed by atoms with E-state index in [-0.39, 0.29) is 23.8 Å². The Bertz CT molecular complexity index is 359. The van der Waals surface area contributed by atoms with Crippen LogP contribution in [0.3, 0.4) is 0 Å². The predicted molar refractivity (Wildman–Crippen MR) is 76.0 cm³/mol. The lowest BCUT2D eigenvalue weighted by Gasteiger charge is -2.29. The van der Waals surface area contributed by atoms with E-state index >= 15 is 0 Å². The van der Waals surface area contributed by atoms with Gasteiger partial charge in [0, 0.05) is 39.5 Å². The maximum absolute atomic E-state index is 12.4. The van der Waals surface area contributed by atoms with Crippen molar-refractivity contribution in [3.63, 3.8) is 0 Å². The minimum Gasteiger partial charge on any atom is -0.393 e. The highest BCUT2D eigenvalue weighted by Gasteiger charge is 2.28. The fourth-order valence-corrected chi connectivity index (χ4v) is 3.26. The molecule has 0 spiro atoms. The van der Waals surface area contributed by atoms with Crippen LogP contribution in [0.2, 0.25) is 0 Å². The second-order valence-corrected chi connectivity index (χ2v) is 6.06. The van der Waals surface area contributed by atoms with E-state index in [4.69, 9.17) is 0 Å². The van der Waals surface area contributed by atoms with Gasteiger partial charge in [0.05, 0.1) is 6.10 Å². The molecule has 2 rings (SSSR count). The Hall–Kier alpha value is -1.10. The van der Waals surface area contributed by atoms with E-state index in [1.165, 1.54) is 0 Å². The number of hydrogen-bond acceptors (Lipinski definition) is 3. The Morgan fingerprint density at radius 1 is 1.00 bits per heavy atom. The topological polar surface area (TPSA) is 60.9 Å². The zero-order valence-electron chi connectivity index (χ0n) is 12.4. The molecular formula is C15H26N2O3. The monoisotopic (exact) mass is 282 g/mol. The van der Waals surface area contributed by atoms with Crippen molar-refractivity contribution in [3.05, 3.63) is 0 Å². The molecule has 0 aromatic heterocycles. The first-order valence-electron chi connectivity index (χ1n) is 7.79. The average Bonchev–Trinajstić information content (AvgIpc) is 2.67. The summed E-state index contributed by atoms with van der Waals surface area (Å²) >= 11 is 0. The van der Waals surface area contributed by atoms with Gasteiger partial charge in [-0.2, -0.15) is 0 Å². The van der Waals surface area contributed by atoms with Crippen LogP contribution < -0.4 is 0 Å². The average molecular weight is 282 g/mol. The van der Waals surface area contributed by atoms with E-state index in [2.05, 4.69) is 0 Å². The molecule has 20 heavy (non-hydrogen) atoms. The van der Waals surface area contributed by atoms with Crippen molar-refractivity contribution in [1.82, 2.24) is 9.80 Å².